The summed E-state index contributed by atoms with van der Waals surface area (Å²) in [5.41, 5.74) is 1.20. The number of methoxy groups -OCH3 is 2. The Labute approximate surface area is 199 Å². The van der Waals surface area contributed by atoms with Gasteiger partial charge < -0.3 is 24.6 Å². The fraction of sp³-hybridized carbons (Fsp3) is 0.462. The molecule has 34 heavy (non-hydrogen) atoms. The van der Waals surface area contributed by atoms with E-state index in [2.05, 4.69) is 10.2 Å². The molecule has 2 saturated heterocycles. The second-order valence-electron chi connectivity index (χ2n) is 8.93. The Balaban J connectivity index is 1.25. The maximum atomic E-state index is 13.1. The summed E-state index contributed by atoms with van der Waals surface area (Å²) in [5.74, 6) is 0.841. The predicted molar refractivity (Wildman–Crippen MR) is 128 cm³/mol. The van der Waals surface area contributed by atoms with Crippen LogP contribution in [0, 0.1) is 11.7 Å². The first-order chi connectivity index (χ1) is 16.5. The summed E-state index contributed by atoms with van der Waals surface area (Å²) < 4.78 is 23.7. The van der Waals surface area contributed by atoms with Crippen LogP contribution in [0.3, 0.4) is 0 Å². The molecule has 2 heterocycles. The van der Waals surface area contributed by atoms with Gasteiger partial charge in [-0.2, -0.15) is 0 Å². The zero-order valence-corrected chi connectivity index (χ0v) is 19.8. The first-order valence-electron chi connectivity index (χ1n) is 11.8. The third-order valence-electron chi connectivity index (χ3n) is 6.88. The van der Waals surface area contributed by atoms with Crippen molar-refractivity contribution in [2.75, 3.05) is 45.7 Å². The van der Waals surface area contributed by atoms with Gasteiger partial charge in [0.05, 0.1) is 14.2 Å². The van der Waals surface area contributed by atoms with E-state index >= 15 is 0 Å². The lowest BCUT2D eigenvalue weighted by molar-refractivity contribution is -0.121. The van der Waals surface area contributed by atoms with Crippen LogP contribution in [-0.4, -0.2) is 68.1 Å². The van der Waals surface area contributed by atoms with Crippen molar-refractivity contribution in [2.24, 2.45) is 5.92 Å². The monoisotopic (exact) mass is 469 g/mol. The van der Waals surface area contributed by atoms with Crippen molar-refractivity contribution in [1.82, 2.24) is 9.80 Å². The number of carbonyl (C=O) groups excluding carboxylic acids is 2. The van der Waals surface area contributed by atoms with Crippen LogP contribution in [0.5, 0.6) is 11.5 Å². The number of ether oxygens (including phenoxy) is 2. The smallest absolute Gasteiger partial charge is 0.254 e. The minimum atomic E-state index is -0.317. The number of hydrogen-bond donors (Lipinski definition) is 1. The topological polar surface area (TPSA) is 71.1 Å². The van der Waals surface area contributed by atoms with Crippen molar-refractivity contribution in [1.29, 1.82) is 0 Å². The minimum absolute atomic E-state index is 0.000363. The molecule has 2 fully saturated rings. The Morgan fingerprint density at radius 1 is 0.882 bits per heavy atom. The van der Waals surface area contributed by atoms with Crippen LogP contribution in [0.2, 0.25) is 0 Å². The fourth-order valence-corrected chi connectivity index (χ4v) is 4.85. The molecule has 0 bridgehead atoms. The molecule has 182 valence electrons. The largest absolute Gasteiger partial charge is 0.497 e. The second kappa shape index (κ2) is 10.9. The summed E-state index contributed by atoms with van der Waals surface area (Å²) in [6.07, 6.45) is 3.43. The molecule has 0 radical (unpaired) electrons. The number of likely N-dealkylation sites (tertiary alicyclic amines) is 2. The number of nitrogens with zero attached hydrogens (tertiary/aromatic N) is 2. The number of halogens is 1. The quantitative estimate of drug-likeness (QED) is 0.697. The first-order valence-corrected chi connectivity index (χ1v) is 11.8. The number of amides is 2. The molecule has 4 rings (SSSR count). The van der Waals surface area contributed by atoms with E-state index in [0.717, 1.165) is 38.8 Å². The SMILES string of the molecule is COc1cc(OC)cc(C(=O)N2CCC(N3CCC(C(=O)Nc4ccc(F)cc4)CC3)CC2)c1. The van der Waals surface area contributed by atoms with E-state index in [-0.39, 0.29) is 23.5 Å². The highest BCUT2D eigenvalue weighted by molar-refractivity contribution is 5.95. The van der Waals surface area contributed by atoms with E-state index in [1.165, 1.54) is 12.1 Å². The van der Waals surface area contributed by atoms with Gasteiger partial charge in [0, 0.05) is 42.4 Å². The molecule has 1 N–H and O–H groups in total. The van der Waals surface area contributed by atoms with Gasteiger partial charge in [0.1, 0.15) is 17.3 Å². The van der Waals surface area contributed by atoms with Gasteiger partial charge in [-0.15, -0.1) is 0 Å². The third-order valence-corrected chi connectivity index (χ3v) is 6.88. The molecule has 2 amide bonds. The van der Waals surface area contributed by atoms with Crippen molar-refractivity contribution < 1.29 is 23.5 Å². The molecule has 0 aliphatic carbocycles. The summed E-state index contributed by atoms with van der Waals surface area (Å²) in [6, 6.07) is 11.5. The number of benzene rings is 2. The van der Waals surface area contributed by atoms with Crippen LogP contribution in [0.15, 0.2) is 42.5 Å². The standard InChI is InChI=1S/C26H32FN3O4/c1-33-23-15-19(16-24(17-23)34-2)26(32)30-13-9-22(10-14-30)29-11-7-18(8-12-29)25(31)28-21-5-3-20(27)4-6-21/h3-6,15-18,22H,7-14H2,1-2H3,(H,28,31). The molecule has 0 spiro atoms. The lowest BCUT2D eigenvalue weighted by Crippen LogP contribution is -2.49. The number of carbonyl (C=O) groups is 2. The van der Waals surface area contributed by atoms with E-state index < -0.39 is 0 Å². The number of anilines is 1. The van der Waals surface area contributed by atoms with Gasteiger partial charge in [-0.25, -0.2) is 4.39 Å². The molecule has 0 saturated carbocycles. The molecule has 0 atom stereocenters. The zero-order chi connectivity index (χ0) is 24.1. The van der Waals surface area contributed by atoms with Gasteiger partial charge in [-0.05, 0) is 75.2 Å². The van der Waals surface area contributed by atoms with E-state index in [0.29, 0.717) is 41.9 Å². The van der Waals surface area contributed by atoms with E-state index in [4.69, 9.17) is 9.47 Å². The normalized spacial score (nSPS) is 17.9. The Kier molecular flexibility index (Phi) is 7.67. The summed E-state index contributed by atoms with van der Waals surface area (Å²) in [5, 5.41) is 2.90. The summed E-state index contributed by atoms with van der Waals surface area (Å²) in [4.78, 5) is 30.0. The molecular weight excluding hydrogens is 437 g/mol. The van der Waals surface area contributed by atoms with Gasteiger partial charge >= 0.3 is 0 Å². The number of hydrogen-bond acceptors (Lipinski definition) is 5. The zero-order valence-electron chi connectivity index (χ0n) is 19.8. The maximum Gasteiger partial charge on any atom is 0.254 e. The lowest BCUT2D eigenvalue weighted by Gasteiger charge is -2.41. The van der Waals surface area contributed by atoms with Gasteiger partial charge in [0.15, 0.2) is 0 Å². The van der Waals surface area contributed by atoms with Crippen LogP contribution in [0.1, 0.15) is 36.0 Å². The molecule has 0 unspecified atom stereocenters. The summed E-state index contributed by atoms with van der Waals surface area (Å²) in [6.45, 7) is 3.14. The van der Waals surface area contributed by atoms with Crippen LogP contribution in [0.4, 0.5) is 10.1 Å². The number of nitrogens with one attached hydrogen (secondary N) is 1. The molecule has 2 aromatic rings. The Hall–Kier alpha value is -3.13. The molecule has 0 aromatic heterocycles. The molecule has 7 nitrogen and oxygen atoms in total. The average molecular weight is 470 g/mol. The highest BCUT2D eigenvalue weighted by atomic mass is 19.1. The second-order valence-corrected chi connectivity index (χ2v) is 8.93. The molecule has 2 aromatic carbocycles. The lowest BCUT2D eigenvalue weighted by atomic mass is 9.92. The highest BCUT2D eigenvalue weighted by Crippen LogP contribution is 2.27. The van der Waals surface area contributed by atoms with Crippen LogP contribution in [0.25, 0.3) is 0 Å². The third kappa shape index (κ3) is 5.67. The number of piperidine rings is 2. The molecule has 8 heteroatoms. The Bertz CT molecular complexity index is 975. The van der Waals surface area contributed by atoms with Gasteiger partial charge in [-0.1, -0.05) is 0 Å². The van der Waals surface area contributed by atoms with E-state index in [1.54, 1.807) is 44.6 Å². The van der Waals surface area contributed by atoms with Crippen molar-refractivity contribution >= 4 is 17.5 Å². The van der Waals surface area contributed by atoms with E-state index in [9.17, 15) is 14.0 Å². The Morgan fingerprint density at radius 3 is 2.03 bits per heavy atom. The van der Waals surface area contributed by atoms with Gasteiger partial charge in [0.25, 0.3) is 5.91 Å². The maximum absolute atomic E-state index is 13.1. The van der Waals surface area contributed by atoms with Crippen LogP contribution in [-0.2, 0) is 4.79 Å². The van der Waals surface area contributed by atoms with Crippen molar-refractivity contribution in [3.05, 3.63) is 53.8 Å². The average Bonchev–Trinajstić information content (AvgIpc) is 2.89. The molecule has 2 aliphatic heterocycles. The van der Waals surface area contributed by atoms with Crippen LogP contribution < -0.4 is 14.8 Å². The number of rotatable bonds is 6. The van der Waals surface area contributed by atoms with E-state index in [1.807, 2.05) is 4.90 Å². The van der Waals surface area contributed by atoms with Crippen LogP contribution >= 0.6 is 0 Å². The fourth-order valence-electron chi connectivity index (χ4n) is 4.85. The van der Waals surface area contributed by atoms with Gasteiger partial charge in [-0.3, -0.25) is 9.59 Å². The predicted octanol–water partition coefficient (Wildman–Crippen LogP) is 3.80. The first kappa shape index (κ1) is 24.0. The molecule has 2 aliphatic rings. The van der Waals surface area contributed by atoms with Crippen molar-refractivity contribution in [3.63, 3.8) is 0 Å². The summed E-state index contributed by atoms with van der Waals surface area (Å²) in [7, 11) is 3.15. The summed E-state index contributed by atoms with van der Waals surface area (Å²) >= 11 is 0. The van der Waals surface area contributed by atoms with Gasteiger partial charge in [0.2, 0.25) is 5.91 Å². The molecular formula is C26H32FN3O4. The minimum Gasteiger partial charge on any atom is -0.497 e. The van der Waals surface area contributed by atoms with Crippen molar-refractivity contribution in [3.8, 4) is 11.5 Å². The highest BCUT2D eigenvalue weighted by Gasteiger charge is 2.32. The van der Waals surface area contributed by atoms with Crippen molar-refractivity contribution in [2.45, 2.75) is 31.7 Å². The Morgan fingerprint density at radius 2 is 1.47 bits per heavy atom.